The minimum atomic E-state index is 0.277. The molecule has 0 aromatic carbocycles. The van der Waals surface area contributed by atoms with Gasteiger partial charge in [-0.25, -0.2) is 0 Å². The third-order valence-corrected chi connectivity index (χ3v) is 2.98. The van der Waals surface area contributed by atoms with E-state index in [2.05, 4.69) is 11.1 Å². The van der Waals surface area contributed by atoms with E-state index in [-0.39, 0.29) is 5.25 Å². The number of thioether (sulfide) groups is 1. The molecule has 1 atom stereocenters. The van der Waals surface area contributed by atoms with Crippen LogP contribution in [0.3, 0.4) is 0 Å². The summed E-state index contributed by atoms with van der Waals surface area (Å²) in [7, 11) is 0. The molecule has 0 spiro atoms. The van der Waals surface area contributed by atoms with E-state index in [1.54, 1.807) is 18.0 Å². The molecule has 0 aliphatic carbocycles. The SMILES string of the molecule is ClC1=CC=NC2=CC1SC=C2. The van der Waals surface area contributed by atoms with Gasteiger partial charge in [0.05, 0.1) is 10.9 Å². The first-order valence-electron chi connectivity index (χ1n) is 3.30. The Hall–Kier alpha value is -0.470. The zero-order valence-corrected chi connectivity index (χ0v) is 7.27. The first kappa shape index (κ1) is 7.19. The van der Waals surface area contributed by atoms with Gasteiger partial charge in [-0.1, -0.05) is 11.6 Å². The van der Waals surface area contributed by atoms with E-state index in [0.29, 0.717) is 0 Å². The van der Waals surface area contributed by atoms with Crippen LogP contribution in [0.2, 0.25) is 0 Å². The molecule has 2 rings (SSSR count). The number of aliphatic imine (C=N–C) groups is 1. The highest BCUT2D eigenvalue weighted by atomic mass is 35.5. The molecule has 2 bridgehead atoms. The van der Waals surface area contributed by atoms with Crippen LogP contribution in [0.1, 0.15) is 0 Å². The molecular weight excluding hydrogens is 178 g/mol. The van der Waals surface area contributed by atoms with Crippen LogP contribution in [-0.4, -0.2) is 11.5 Å². The fourth-order valence-corrected chi connectivity index (χ4v) is 2.05. The number of nitrogens with zero attached hydrogens (tertiary/aromatic N) is 1. The Morgan fingerprint density at radius 3 is 3.36 bits per heavy atom. The second kappa shape index (κ2) is 2.88. The van der Waals surface area contributed by atoms with E-state index in [4.69, 9.17) is 11.6 Å². The summed E-state index contributed by atoms with van der Waals surface area (Å²) in [4.78, 5) is 4.17. The Morgan fingerprint density at radius 1 is 1.55 bits per heavy atom. The minimum Gasteiger partial charge on any atom is -0.257 e. The van der Waals surface area contributed by atoms with E-state index < -0.39 is 0 Å². The van der Waals surface area contributed by atoms with Crippen molar-refractivity contribution >= 4 is 29.6 Å². The van der Waals surface area contributed by atoms with Crippen LogP contribution in [0.5, 0.6) is 0 Å². The fraction of sp³-hybridized carbons (Fsp3) is 0.125. The maximum atomic E-state index is 5.96. The van der Waals surface area contributed by atoms with Crippen LogP contribution >= 0.6 is 23.4 Å². The average molecular weight is 184 g/mol. The van der Waals surface area contributed by atoms with Crippen LogP contribution in [0.15, 0.2) is 39.4 Å². The molecule has 56 valence electrons. The lowest BCUT2D eigenvalue weighted by atomic mass is 10.3. The molecule has 0 fully saturated rings. The topological polar surface area (TPSA) is 12.4 Å². The fourth-order valence-electron chi connectivity index (χ4n) is 0.964. The summed E-state index contributed by atoms with van der Waals surface area (Å²) in [5.41, 5.74) is 1.00. The first-order chi connectivity index (χ1) is 5.36. The van der Waals surface area contributed by atoms with E-state index in [9.17, 15) is 0 Å². The monoisotopic (exact) mass is 183 g/mol. The van der Waals surface area contributed by atoms with Gasteiger partial charge < -0.3 is 0 Å². The van der Waals surface area contributed by atoms with E-state index in [0.717, 1.165) is 10.7 Å². The van der Waals surface area contributed by atoms with Gasteiger partial charge in [0, 0.05) is 11.2 Å². The van der Waals surface area contributed by atoms with Gasteiger partial charge in [0.15, 0.2) is 0 Å². The molecule has 0 saturated heterocycles. The van der Waals surface area contributed by atoms with Crippen molar-refractivity contribution in [1.82, 2.24) is 0 Å². The highest BCUT2D eigenvalue weighted by molar-refractivity contribution is 8.03. The van der Waals surface area contributed by atoms with Gasteiger partial charge in [-0.15, -0.1) is 11.8 Å². The summed E-state index contributed by atoms with van der Waals surface area (Å²) < 4.78 is 0. The third kappa shape index (κ3) is 1.42. The maximum absolute atomic E-state index is 5.96. The summed E-state index contributed by atoms with van der Waals surface area (Å²) >= 11 is 7.66. The third-order valence-electron chi connectivity index (χ3n) is 1.52. The summed E-state index contributed by atoms with van der Waals surface area (Å²) in [5.74, 6) is 0. The molecule has 2 aliphatic rings. The highest BCUT2D eigenvalue weighted by Crippen LogP contribution is 2.31. The summed E-state index contributed by atoms with van der Waals surface area (Å²) in [6.45, 7) is 0. The Labute approximate surface area is 74.5 Å². The molecule has 1 nitrogen and oxygen atoms in total. The number of rotatable bonds is 0. The molecule has 3 heteroatoms. The summed E-state index contributed by atoms with van der Waals surface area (Å²) in [5, 5.41) is 3.15. The molecule has 1 unspecified atom stereocenters. The normalized spacial score (nSPS) is 27.5. The lowest BCUT2D eigenvalue weighted by Crippen LogP contribution is -1.99. The molecule has 0 saturated carbocycles. The number of fused-ring (bicyclic) bond motifs is 1. The van der Waals surface area contributed by atoms with Crippen LogP contribution in [0.25, 0.3) is 0 Å². The Balaban J connectivity index is 2.39. The Morgan fingerprint density at radius 2 is 2.45 bits per heavy atom. The van der Waals surface area contributed by atoms with Crippen molar-refractivity contribution in [2.45, 2.75) is 5.25 Å². The minimum absolute atomic E-state index is 0.277. The van der Waals surface area contributed by atoms with Crippen molar-refractivity contribution in [3.05, 3.63) is 34.4 Å². The molecule has 0 aromatic heterocycles. The number of allylic oxidation sites excluding steroid dienone is 2. The summed E-state index contributed by atoms with van der Waals surface area (Å²) in [6, 6.07) is 0. The molecule has 0 aromatic rings. The van der Waals surface area contributed by atoms with Crippen LogP contribution in [0.4, 0.5) is 0 Å². The van der Waals surface area contributed by atoms with Crippen LogP contribution in [0, 0.1) is 0 Å². The largest absolute Gasteiger partial charge is 0.257 e. The van der Waals surface area contributed by atoms with E-state index >= 15 is 0 Å². The van der Waals surface area contributed by atoms with Crippen molar-refractivity contribution in [2.75, 3.05) is 0 Å². The molecule has 0 amide bonds. The predicted octanol–water partition coefficient (Wildman–Crippen LogP) is 2.71. The van der Waals surface area contributed by atoms with E-state index in [1.165, 1.54) is 0 Å². The zero-order valence-electron chi connectivity index (χ0n) is 5.70. The average Bonchev–Trinajstić information content (AvgIpc) is 2.14. The molecule has 0 radical (unpaired) electrons. The lowest BCUT2D eigenvalue weighted by Gasteiger charge is -2.10. The van der Waals surface area contributed by atoms with Gasteiger partial charge in [-0.2, -0.15) is 0 Å². The Kier molecular flexibility index (Phi) is 1.88. The standard InChI is InChI=1S/C8H6ClNS/c9-7-1-3-10-6-2-4-11-8(7)5-6/h1-5,8H. The number of halogens is 1. The van der Waals surface area contributed by atoms with E-state index in [1.807, 2.05) is 17.6 Å². The number of hydrogen-bond acceptors (Lipinski definition) is 2. The quantitative estimate of drug-likeness (QED) is 0.563. The predicted molar refractivity (Wildman–Crippen MR) is 51.0 cm³/mol. The maximum Gasteiger partial charge on any atom is 0.0650 e. The van der Waals surface area contributed by atoms with Crippen molar-refractivity contribution in [3.8, 4) is 0 Å². The van der Waals surface area contributed by atoms with Gasteiger partial charge in [0.25, 0.3) is 0 Å². The Bertz CT molecular complexity index is 288. The first-order valence-corrected chi connectivity index (χ1v) is 4.62. The van der Waals surface area contributed by atoms with Crippen LogP contribution in [-0.2, 0) is 0 Å². The zero-order chi connectivity index (χ0) is 7.68. The van der Waals surface area contributed by atoms with Gasteiger partial charge in [-0.3, -0.25) is 4.99 Å². The lowest BCUT2D eigenvalue weighted by molar-refractivity contribution is 1.31. The van der Waals surface area contributed by atoms with Crippen molar-refractivity contribution in [2.24, 2.45) is 4.99 Å². The van der Waals surface area contributed by atoms with Gasteiger partial charge in [0.2, 0.25) is 0 Å². The molecule has 11 heavy (non-hydrogen) atoms. The second-order valence-corrected chi connectivity index (χ2v) is 3.77. The molecule has 2 aliphatic heterocycles. The number of hydrogen-bond donors (Lipinski definition) is 0. The smallest absolute Gasteiger partial charge is 0.0650 e. The van der Waals surface area contributed by atoms with Crippen LogP contribution < -0.4 is 0 Å². The second-order valence-electron chi connectivity index (χ2n) is 2.28. The summed E-state index contributed by atoms with van der Waals surface area (Å²) in [6.07, 6.45) is 7.63. The highest BCUT2D eigenvalue weighted by Gasteiger charge is 2.14. The van der Waals surface area contributed by atoms with Gasteiger partial charge in [0.1, 0.15) is 0 Å². The van der Waals surface area contributed by atoms with Gasteiger partial charge >= 0.3 is 0 Å². The molecular formula is C8H6ClNS. The van der Waals surface area contributed by atoms with Crippen molar-refractivity contribution in [1.29, 1.82) is 0 Å². The van der Waals surface area contributed by atoms with Gasteiger partial charge in [-0.05, 0) is 23.6 Å². The van der Waals surface area contributed by atoms with Crippen molar-refractivity contribution in [3.63, 3.8) is 0 Å². The molecule has 2 heterocycles. The van der Waals surface area contributed by atoms with Crippen molar-refractivity contribution < 1.29 is 0 Å². The molecule has 0 N–H and O–H groups in total.